The second-order valence-electron chi connectivity index (χ2n) is 8.73. The van der Waals surface area contributed by atoms with Crippen LogP contribution in [0.25, 0.3) is 16.8 Å². The van der Waals surface area contributed by atoms with E-state index < -0.39 is 0 Å². The first-order valence-electron chi connectivity index (χ1n) is 8.99. The summed E-state index contributed by atoms with van der Waals surface area (Å²) < 4.78 is 0. The zero-order valence-electron chi connectivity index (χ0n) is 15.6. The third-order valence-corrected chi connectivity index (χ3v) is 5.77. The molecule has 0 heterocycles. The van der Waals surface area contributed by atoms with Gasteiger partial charge in [-0.3, -0.25) is 0 Å². The highest BCUT2D eigenvalue weighted by Crippen LogP contribution is 2.38. The molecule has 3 rings (SSSR count). The monoisotopic (exact) mass is 306 g/mol. The van der Waals surface area contributed by atoms with E-state index >= 15 is 0 Å². The molecule has 0 bridgehead atoms. The van der Waals surface area contributed by atoms with Gasteiger partial charge < -0.3 is 0 Å². The maximum atomic E-state index is 2.43. The Hall–Kier alpha value is -1.56. The van der Waals surface area contributed by atoms with E-state index in [1.807, 2.05) is 0 Å². The molecule has 0 aliphatic heterocycles. The van der Waals surface area contributed by atoms with Crippen molar-refractivity contribution in [1.29, 1.82) is 0 Å². The van der Waals surface area contributed by atoms with Crippen molar-refractivity contribution < 1.29 is 0 Å². The molecule has 0 N–H and O–H groups in total. The predicted octanol–water partition coefficient (Wildman–Crippen LogP) is 6.90. The van der Waals surface area contributed by atoms with E-state index in [1.54, 1.807) is 5.57 Å². The summed E-state index contributed by atoms with van der Waals surface area (Å²) in [6, 6.07) is 11.7. The number of fused-ring (bicyclic) bond motifs is 3. The van der Waals surface area contributed by atoms with E-state index in [1.165, 1.54) is 46.7 Å². The van der Waals surface area contributed by atoms with Crippen LogP contribution in [-0.4, -0.2) is 0 Å². The molecule has 0 aromatic heterocycles. The van der Waals surface area contributed by atoms with E-state index in [0.717, 1.165) is 0 Å². The summed E-state index contributed by atoms with van der Waals surface area (Å²) in [5.41, 5.74) is 6.53. The Kier molecular flexibility index (Phi) is 3.91. The molecule has 0 unspecified atom stereocenters. The molecule has 1 aliphatic carbocycles. The lowest BCUT2D eigenvalue weighted by Gasteiger charge is -2.28. The SMILES string of the molecule is CCC(C)(C)c1ccc2c3c(ccc2c1)C=C(C(C)(C)C)CC3. The lowest BCUT2D eigenvalue weighted by molar-refractivity contribution is 0.484. The van der Waals surface area contributed by atoms with Gasteiger partial charge in [0.1, 0.15) is 0 Å². The first kappa shape index (κ1) is 16.3. The van der Waals surface area contributed by atoms with E-state index in [-0.39, 0.29) is 10.8 Å². The smallest absolute Gasteiger partial charge is 0.0106 e. The average molecular weight is 306 g/mol. The molecule has 0 amide bonds. The number of hydrogen-bond acceptors (Lipinski definition) is 0. The number of rotatable bonds is 2. The third-order valence-electron chi connectivity index (χ3n) is 5.77. The fourth-order valence-corrected chi connectivity index (χ4v) is 3.56. The zero-order valence-corrected chi connectivity index (χ0v) is 15.6. The van der Waals surface area contributed by atoms with Crippen LogP contribution in [0.15, 0.2) is 35.9 Å². The lowest BCUT2D eigenvalue weighted by atomic mass is 9.77. The first-order chi connectivity index (χ1) is 10.7. The van der Waals surface area contributed by atoms with E-state index in [4.69, 9.17) is 0 Å². The summed E-state index contributed by atoms with van der Waals surface area (Å²) in [5, 5.41) is 2.85. The fourth-order valence-electron chi connectivity index (χ4n) is 3.56. The Morgan fingerprint density at radius 3 is 2.30 bits per heavy atom. The van der Waals surface area contributed by atoms with Gasteiger partial charge in [-0.25, -0.2) is 0 Å². The molecule has 23 heavy (non-hydrogen) atoms. The maximum Gasteiger partial charge on any atom is -0.0106 e. The van der Waals surface area contributed by atoms with Gasteiger partial charge in [0.2, 0.25) is 0 Å². The summed E-state index contributed by atoms with van der Waals surface area (Å²) in [7, 11) is 0. The van der Waals surface area contributed by atoms with Gasteiger partial charge in [0.15, 0.2) is 0 Å². The predicted molar refractivity (Wildman–Crippen MR) is 103 cm³/mol. The zero-order chi connectivity index (χ0) is 16.8. The fraction of sp³-hybridized carbons (Fsp3) is 0.478. The highest BCUT2D eigenvalue weighted by Gasteiger charge is 2.23. The molecule has 2 aromatic carbocycles. The van der Waals surface area contributed by atoms with Gasteiger partial charge in [0, 0.05) is 0 Å². The largest absolute Gasteiger partial charge is 0.0646 e. The van der Waals surface area contributed by atoms with Crippen molar-refractivity contribution in [2.24, 2.45) is 5.41 Å². The molecule has 0 fully saturated rings. The molecule has 1 aliphatic rings. The van der Waals surface area contributed by atoms with Gasteiger partial charge in [-0.1, -0.05) is 83.5 Å². The van der Waals surface area contributed by atoms with Crippen molar-refractivity contribution in [3.63, 3.8) is 0 Å². The van der Waals surface area contributed by atoms with Gasteiger partial charge in [-0.2, -0.15) is 0 Å². The van der Waals surface area contributed by atoms with Crippen molar-refractivity contribution >= 4 is 16.8 Å². The molecule has 0 spiro atoms. The van der Waals surface area contributed by atoms with Crippen molar-refractivity contribution in [3.05, 3.63) is 52.6 Å². The van der Waals surface area contributed by atoms with Crippen molar-refractivity contribution in [2.45, 2.75) is 66.2 Å². The van der Waals surface area contributed by atoms with E-state index in [9.17, 15) is 0 Å². The topological polar surface area (TPSA) is 0 Å². The quantitative estimate of drug-likeness (QED) is 0.566. The van der Waals surface area contributed by atoms with E-state index in [2.05, 4.69) is 78.0 Å². The third kappa shape index (κ3) is 2.96. The van der Waals surface area contributed by atoms with Crippen molar-refractivity contribution in [2.75, 3.05) is 0 Å². The minimum atomic E-state index is 0.253. The van der Waals surface area contributed by atoms with Crippen LogP contribution >= 0.6 is 0 Å². The number of hydrogen-bond donors (Lipinski definition) is 0. The van der Waals surface area contributed by atoms with E-state index in [0.29, 0.717) is 0 Å². The second-order valence-corrected chi connectivity index (χ2v) is 8.73. The number of benzene rings is 2. The molecule has 0 saturated heterocycles. The number of aryl methyl sites for hydroxylation is 1. The Morgan fingerprint density at radius 2 is 1.65 bits per heavy atom. The van der Waals surface area contributed by atoms with Crippen LogP contribution in [0.3, 0.4) is 0 Å². The summed E-state index contributed by atoms with van der Waals surface area (Å²) in [6.45, 7) is 13.9. The van der Waals surface area contributed by atoms with Gasteiger partial charge >= 0.3 is 0 Å². The second kappa shape index (κ2) is 5.51. The minimum absolute atomic E-state index is 0.253. The first-order valence-corrected chi connectivity index (χ1v) is 8.99. The van der Waals surface area contributed by atoms with Crippen LogP contribution in [0.5, 0.6) is 0 Å². The number of allylic oxidation sites excluding steroid dienone is 1. The molecule has 122 valence electrons. The molecule has 0 radical (unpaired) electrons. The van der Waals surface area contributed by atoms with Crippen LogP contribution in [0, 0.1) is 5.41 Å². The highest BCUT2D eigenvalue weighted by atomic mass is 14.3. The van der Waals surface area contributed by atoms with Crippen molar-refractivity contribution in [3.8, 4) is 0 Å². The van der Waals surface area contributed by atoms with Crippen LogP contribution in [0.2, 0.25) is 0 Å². The highest BCUT2D eigenvalue weighted by molar-refractivity contribution is 5.90. The minimum Gasteiger partial charge on any atom is -0.0646 e. The van der Waals surface area contributed by atoms with Crippen LogP contribution in [0.1, 0.15) is 71.1 Å². The summed E-state index contributed by atoms with van der Waals surface area (Å²) in [5.74, 6) is 0. The Bertz CT molecular complexity index is 766. The normalized spacial score (nSPS) is 15.5. The summed E-state index contributed by atoms with van der Waals surface area (Å²) in [4.78, 5) is 0. The van der Waals surface area contributed by atoms with Crippen molar-refractivity contribution in [1.82, 2.24) is 0 Å². The molecule has 0 heteroatoms. The van der Waals surface area contributed by atoms with Gasteiger partial charge in [0.05, 0.1) is 0 Å². The Balaban J connectivity index is 2.11. The summed E-state index contributed by atoms with van der Waals surface area (Å²) in [6.07, 6.45) is 5.97. The van der Waals surface area contributed by atoms with Gasteiger partial charge in [-0.05, 0) is 57.6 Å². The molecular weight excluding hydrogens is 276 g/mol. The molecule has 0 atom stereocenters. The molecular formula is C23H30. The molecule has 0 nitrogen and oxygen atoms in total. The average Bonchev–Trinajstić information content (AvgIpc) is 2.52. The van der Waals surface area contributed by atoms with Gasteiger partial charge in [0.25, 0.3) is 0 Å². The summed E-state index contributed by atoms with van der Waals surface area (Å²) >= 11 is 0. The molecule has 0 saturated carbocycles. The Morgan fingerprint density at radius 1 is 0.913 bits per heavy atom. The van der Waals surface area contributed by atoms with Crippen LogP contribution < -0.4 is 0 Å². The van der Waals surface area contributed by atoms with Crippen LogP contribution in [0.4, 0.5) is 0 Å². The maximum absolute atomic E-state index is 2.43. The van der Waals surface area contributed by atoms with Crippen LogP contribution in [-0.2, 0) is 11.8 Å². The standard InChI is InChI=1S/C23H30/c1-7-23(5,6)19-11-13-21-17(15-19)9-8-16-14-18(22(2,3)4)10-12-20(16)21/h8-9,11,13-15H,7,10,12H2,1-6H3. The Labute approximate surface area is 141 Å². The van der Waals surface area contributed by atoms with Gasteiger partial charge in [-0.15, -0.1) is 0 Å². The molecule has 2 aromatic rings. The lowest BCUT2D eigenvalue weighted by Crippen LogP contribution is -2.15.